The zero-order chi connectivity index (χ0) is 15.1. The Morgan fingerprint density at radius 2 is 1.45 bits per heavy atom. The lowest BCUT2D eigenvalue weighted by molar-refractivity contribution is 0.870. The summed E-state index contributed by atoms with van der Waals surface area (Å²) in [7, 11) is 0. The monoisotopic (exact) mass is 285 g/mol. The molecule has 0 atom stereocenters. The van der Waals surface area contributed by atoms with E-state index in [1.165, 1.54) is 38.5 Å². The van der Waals surface area contributed by atoms with E-state index in [2.05, 4.69) is 85.6 Å². The molecule has 0 amide bonds. The van der Waals surface area contributed by atoms with Gasteiger partial charge in [0.2, 0.25) is 0 Å². The summed E-state index contributed by atoms with van der Waals surface area (Å²) in [5.41, 5.74) is 6.46. The summed E-state index contributed by atoms with van der Waals surface area (Å²) in [6, 6.07) is 23.9. The van der Waals surface area contributed by atoms with Crippen molar-refractivity contribution in [2.45, 2.75) is 19.8 Å². The minimum Gasteiger partial charge on any atom is -0.355 e. The fourth-order valence-electron chi connectivity index (χ4n) is 3.26. The zero-order valence-corrected chi connectivity index (χ0v) is 12.9. The summed E-state index contributed by atoms with van der Waals surface area (Å²) >= 11 is 0. The number of nitrogens with one attached hydrogen (secondary N) is 1. The van der Waals surface area contributed by atoms with E-state index in [0.717, 1.165) is 0 Å². The van der Waals surface area contributed by atoms with E-state index < -0.39 is 0 Å². The third kappa shape index (κ3) is 2.01. The Morgan fingerprint density at radius 1 is 0.727 bits per heavy atom. The van der Waals surface area contributed by atoms with Gasteiger partial charge < -0.3 is 4.98 Å². The number of aromatic amines is 1. The van der Waals surface area contributed by atoms with Gasteiger partial charge in [-0.15, -0.1) is 0 Å². The van der Waals surface area contributed by atoms with Crippen LogP contribution in [0.3, 0.4) is 0 Å². The van der Waals surface area contributed by atoms with Gasteiger partial charge in [0, 0.05) is 21.8 Å². The summed E-state index contributed by atoms with van der Waals surface area (Å²) < 4.78 is 0. The van der Waals surface area contributed by atoms with Gasteiger partial charge in [-0.25, -0.2) is 0 Å². The largest absolute Gasteiger partial charge is 0.355 e. The molecule has 0 spiro atoms. The molecule has 0 fully saturated rings. The maximum absolute atomic E-state index is 3.55. The van der Waals surface area contributed by atoms with Crippen LogP contribution >= 0.6 is 0 Å². The van der Waals surface area contributed by atoms with E-state index in [9.17, 15) is 0 Å². The molecule has 1 nitrogen and oxygen atoms in total. The molecule has 1 heterocycles. The van der Waals surface area contributed by atoms with Crippen LogP contribution in [0.1, 0.15) is 25.3 Å². The Kier molecular flexibility index (Phi) is 3.00. The number of hydrogen-bond donors (Lipinski definition) is 1. The predicted molar refractivity (Wildman–Crippen MR) is 95.3 cm³/mol. The van der Waals surface area contributed by atoms with Crippen LogP contribution in [0.4, 0.5) is 0 Å². The Morgan fingerprint density at radius 3 is 2.23 bits per heavy atom. The Balaban J connectivity index is 2.09. The molecule has 1 heteroatoms. The van der Waals surface area contributed by atoms with Crippen molar-refractivity contribution in [3.05, 3.63) is 72.3 Å². The van der Waals surface area contributed by atoms with Crippen molar-refractivity contribution in [1.29, 1.82) is 0 Å². The molecule has 4 aromatic rings. The topological polar surface area (TPSA) is 15.8 Å². The Hall–Kier alpha value is -2.54. The minimum absolute atomic E-state index is 0.492. The van der Waals surface area contributed by atoms with E-state index >= 15 is 0 Å². The van der Waals surface area contributed by atoms with Gasteiger partial charge >= 0.3 is 0 Å². The van der Waals surface area contributed by atoms with Gasteiger partial charge in [0.05, 0.1) is 0 Å². The first kappa shape index (κ1) is 13.1. The molecule has 108 valence electrons. The van der Waals surface area contributed by atoms with Gasteiger partial charge in [-0.05, 0) is 40.8 Å². The number of H-pyrrole nitrogens is 1. The number of para-hydroxylation sites is 1. The number of rotatable bonds is 2. The molecular weight excluding hydrogens is 266 g/mol. The van der Waals surface area contributed by atoms with Gasteiger partial charge in [0.15, 0.2) is 0 Å². The summed E-state index contributed by atoms with van der Waals surface area (Å²) in [5, 5.41) is 2.60. The molecule has 0 aliphatic carbocycles. The normalized spacial score (nSPS) is 11.6. The second-order valence-corrected chi connectivity index (χ2v) is 6.18. The fraction of sp³-hybridized carbons (Fsp3) is 0.143. The SMILES string of the molecule is CC(C)c1cc2[nH]c3ccccc3c2cc1-c1ccccc1. The molecular formula is C21H19N. The molecule has 4 rings (SSSR count). The maximum atomic E-state index is 3.55. The zero-order valence-electron chi connectivity index (χ0n) is 12.9. The first-order chi connectivity index (χ1) is 10.7. The minimum atomic E-state index is 0.492. The molecule has 1 N–H and O–H groups in total. The van der Waals surface area contributed by atoms with Gasteiger partial charge in [-0.3, -0.25) is 0 Å². The van der Waals surface area contributed by atoms with Crippen molar-refractivity contribution in [2.75, 3.05) is 0 Å². The summed E-state index contributed by atoms with van der Waals surface area (Å²) in [4.78, 5) is 3.55. The summed E-state index contributed by atoms with van der Waals surface area (Å²) in [6.45, 7) is 4.52. The second-order valence-electron chi connectivity index (χ2n) is 6.18. The highest BCUT2D eigenvalue weighted by atomic mass is 14.7. The van der Waals surface area contributed by atoms with Crippen molar-refractivity contribution in [3.63, 3.8) is 0 Å². The maximum Gasteiger partial charge on any atom is 0.0468 e. The molecule has 0 aliphatic heterocycles. The standard InChI is InChI=1S/C21H19N/c1-14(2)17-13-21-19(16-10-6-7-11-20(16)22-21)12-18(17)15-8-4-3-5-9-15/h3-14,22H,1-2H3. The van der Waals surface area contributed by atoms with Crippen LogP contribution in [-0.4, -0.2) is 4.98 Å². The van der Waals surface area contributed by atoms with Gasteiger partial charge in [-0.2, -0.15) is 0 Å². The molecule has 0 aliphatic rings. The van der Waals surface area contributed by atoms with E-state index in [1.807, 2.05) is 0 Å². The Bertz CT molecular complexity index is 946. The fourth-order valence-corrected chi connectivity index (χ4v) is 3.26. The first-order valence-electron chi connectivity index (χ1n) is 7.84. The number of fused-ring (bicyclic) bond motifs is 3. The van der Waals surface area contributed by atoms with E-state index in [1.54, 1.807) is 0 Å². The quantitative estimate of drug-likeness (QED) is 0.457. The molecule has 0 bridgehead atoms. The lowest BCUT2D eigenvalue weighted by Crippen LogP contribution is -1.92. The van der Waals surface area contributed by atoms with E-state index in [4.69, 9.17) is 0 Å². The van der Waals surface area contributed by atoms with Crippen LogP contribution in [-0.2, 0) is 0 Å². The number of hydrogen-bond acceptors (Lipinski definition) is 0. The molecule has 22 heavy (non-hydrogen) atoms. The summed E-state index contributed by atoms with van der Waals surface area (Å²) in [6.07, 6.45) is 0. The average molecular weight is 285 g/mol. The third-order valence-corrected chi connectivity index (χ3v) is 4.38. The lowest BCUT2D eigenvalue weighted by Gasteiger charge is -2.14. The molecule has 0 radical (unpaired) electrons. The van der Waals surface area contributed by atoms with Crippen molar-refractivity contribution >= 4 is 21.8 Å². The van der Waals surface area contributed by atoms with Crippen LogP contribution in [0.15, 0.2) is 66.7 Å². The molecule has 0 unspecified atom stereocenters. The third-order valence-electron chi connectivity index (χ3n) is 4.38. The molecule has 0 saturated carbocycles. The predicted octanol–water partition coefficient (Wildman–Crippen LogP) is 6.11. The van der Waals surface area contributed by atoms with Crippen LogP contribution < -0.4 is 0 Å². The number of aromatic nitrogens is 1. The van der Waals surface area contributed by atoms with Gasteiger partial charge in [0.25, 0.3) is 0 Å². The molecule has 3 aromatic carbocycles. The summed E-state index contributed by atoms with van der Waals surface area (Å²) in [5.74, 6) is 0.492. The smallest absolute Gasteiger partial charge is 0.0468 e. The van der Waals surface area contributed by atoms with E-state index in [0.29, 0.717) is 5.92 Å². The number of benzene rings is 3. The van der Waals surface area contributed by atoms with Crippen LogP contribution in [0.5, 0.6) is 0 Å². The second kappa shape index (κ2) is 5.03. The van der Waals surface area contributed by atoms with Gasteiger partial charge in [0.1, 0.15) is 0 Å². The highest BCUT2D eigenvalue weighted by Gasteiger charge is 2.13. The molecule has 0 saturated heterocycles. The first-order valence-corrected chi connectivity index (χ1v) is 7.84. The van der Waals surface area contributed by atoms with E-state index in [-0.39, 0.29) is 0 Å². The van der Waals surface area contributed by atoms with Crippen LogP contribution in [0, 0.1) is 0 Å². The average Bonchev–Trinajstić information content (AvgIpc) is 2.92. The van der Waals surface area contributed by atoms with Crippen LogP contribution in [0.2, 0.25) is 0 Å². The highest BCUT2D eigenvalue weighted by molar-refractivity contribution is 6.09. The van der Waals surface area contributed by atoms with Crippen molar-refractivity contribution in [2.24, 2.45) is 0 Å². The van der Waals surface area contributed by atoms with Gasteiger partial charge in [-0.1, -0.05) is 62.4 Å². The lowest BCUT2D eigenvalue weighted by atomic mass is 9.91. The van der Waals surface area contributed by atoms with Crippen molar-refractivity contribution in [1.82, 2.24) is 4.98 Å². The van der Waals surface area contributed by atoms with Crippen molar-refractivity contribution < 1.29 is 0 Å². The van der Waals surface area contributed by atoms with Crippen molar-refractivity contribution in [3.8, 4) is 11.1 Å². The van der Waals surface area contributed by atoms with Crippen LogP contribution in [0.25, 0.3) is 32.9 Å². The molecule has 1 aromatic heterocycles. The Labute approximate surface area is 130 Å². The highest BCUT2D eigenvalue weighted by Crippen LogP contribution is 2.35.